The second-order valence-electron chi connectivity index (χ2n) is 12.9. The Hall–Kier alpha value is -1.64. The summed E-state index contributed by atoms with van der Waals surface area (Å²) in [5.41, 5.74) is 5.59. The fourth-order valence-electron chi connectivity index (χ4n) is 6.06. The van der Waals surface area contributed by atoms with Gasteiger partial charge in [0.2, 0.25) is 0 Å². The average molecular weight is 577 g/mol. The third-order valence-electron chi connectivity index (χ3n) is 8.87. The maximum atomic E-state index is 2.71. The molecular formula is C40H68N2. The van der Waals surface area contributed by atoms with Crippen LogP contribution >= 0.6 is 0 Å². The molecular weight excluding hydrogens is 508 g/mol. The lowest BCUT2D eigenvalue weighted by molar-refractivity contribution is 0.252. The molecule has 0 aliphatic rings. The molecule has 0 atom stereocenters. The maximum Gasteiger partial charge on any atom is 0.0233 e. The van der Waals surface area contributed by atoms with E-state index in [1.54, 1.807) is 0 Å². The van der Waals surface area contributed by atoms with E-state index in [1.807, 2.05) is 0 Å². The molecule has 0 heterocycles. The molecule has 0 amide bonds. The van der Waals surface area contributed by atoms with Crippen molar-refractivity contribution in [1.29, 1.82) is 0 Å². The van der Waals surface area contributed by atoms with E-state index in [2.05, 4.69) is 86.0 Å². The van der Waals surface area contributed by atoms with Gasteiger partial charge in [0.1, 0.15) is 0 Å². The quantitative estimate of drug-likeness (QED) is 0.0976. The number of benzene rings is 2. The highest BCUT2D eigenvalue weighted by Gasteiger charge is 2.09. The summed E-state index contributed by atoms with van der Waals surface area (Å²) in [6.07, 6.45) is 24.4. The van der Waals surface area contributed by atoms with Gasteiger partial charge in [0.05, 0.1) is 0 Å². The highest BCUT2D eigenvalue weighted by Crippen LogP contribution is 2.22. The van der Waals surface area contributed by atoms with Gasteiger partial charge in [-0.15, -0.1) is 0 Å². The van der Waals surface area contributed by atoms with Crippen LogP contribution in [0.15, 0.2) is 48.5 Å². The van der Waals surface area contributed by atoms with Crippen LogP contribution in [0, 0.1) is 0 Å². The molecule has 0 saturated carbocycles. The Labute approximate surface area is 262 Å². The summed E-state index contributed by atoms with van der Waals surface area (Å²) in [6, 6.07) is 18.9. The molecule has 0 bridgehead atoms. The van der Waals surface area contributed by atoms with E-state index in [0.717, 1.165) is 13.1 Å². The Kier molecular flexibility index (Phi) is 21.6. The van der Waals surface area contributed by atoms with Gasteiger partial charge in [0, 0.05) is 13.1 Å². The number of rotatable bonds is 27. The molecule has 2 heteroatoms. The van der Waals surface area contributed by atoms with Crippen molar-refractivity contribution in [3.63, 3.8) is 0 Å². The highest BCUT2D eigenvalue weighted by atomic mass is 15.1. The first-order valence-corrected chi connectivity index (χ1v) is 18.3. The Morgan fingerprint density at radius 1 is 0.333 bits per heavy atom. The van der Waals surface area contributed by atoms with E-state index in [0.29, 0.717) is 0 Å². The first-order valence-electron chi connectivity index (χ1n) is 18.3. The van der Waals surface area contributed by atoms with Crippen molar-refractivity contribution in [1.82, 2.24) is 9.80 Å². The van der Waals surface area contributed by atoms with Crippen LogP contribution in [0.5, 0.6) is 0 Å². The average Bonchev–Trinajstić information content (AvgIpc) is 3.01. The van der Waals surface area contributed by atoms with Crippen molar-refractivity contribution in [3.8, 4) is 11.1 Å². The normalized spacial score (nSPS) is 11.7. The Balaban J connectivity index is 1.92. The maximum absolute atomic E-state index is 2.71. The molecule has 42 heavy (non-hydrogen) atoms. The minimum atomic E-state index is 1.09. The topological polar surface area (TPSA) is 6.48 Å². The fraction of sp³-hybridized carbons (Fsp3) is 0.700. The lowest BCUT2D eigenvalue weighted by atomic mass is 10.0. The van der Waals surface area contributed by atoms with Gasteiger partial charge >= 0.3 is 0 Å². The Morgan fingerprint density at radius 3 is 0.881 bits per heavy atom. The molecule has 0 saturated heterocycles. The molecule has 0 radical (unpaired) electrons. The van der Waals surface area contributed by atoms with E-state index in [-0.39, 0.29) is 0 Å². The lowest BCUT2D eigenvalue weighted by Crippen LogP contribution is -2.25. The van der Waals surface area contributed by atoms with Gasteiger partial charge in [-0.2, -0.15) is 0 Å². The largest absolute Gasteiger partial charge is 0.299 e. The third kappa shape index (κ3) is 16.9. The number of hydrogen-bond acceptors (Lipinski definition) is 2. The summed E-state index contributed by atoms with van der Waals surface area (Å²) in [4.78, 5) is 5.42. The Bertz CT molecular complexity index is 783. The van der Waals surface area contributed by atoms with Gasteiger partial charge in [-0.1, -0.05) is 166 Å². The first kappa shape index (κ1) is 36.6. The van der Waals surface area contributed by atoms with E-state index in [4.69, 9.17) is 0 Å². The summed E-state index contributed by atoms with van der Waals surface area (Å²) in [6.45, 7) is 16.4. The molecule has 0 N–H and O–H groups in total. The van der Waals surface area contributed by atoms with Crippen molar-refractivity contribution in [2.45, 2.75) is 156 Å². The van der Waals surface area contributed by atoms with Gasteiger partial charge in [-0.05, 0) is 74.1 Å². The summed E-state index contributed by atoms with van der Waals surface area (Å²) in [5.74, 6) is 0. The molecule has 0 fully saturated rings. The van der Waals surface area contributed by atoms with E-state index < -0.39 is 0 Å². The van der Waals surface area contributed by atoms with Crippen LogP contribution in [-0.4, -0.2) is 36.0 Å². The highest BCUT2D eigenvalue weighted by molar-refractivity contribution is 5.64. The van der Waals surface area contributed by atoms with Crippen LogP contribution in [0.4, 0.5) is 0 Å². The predicted molar refractivity (Wildman–Crippen MR) is 188 cm³/mol. The van der Waals surface area contributed by atoms with Crippen molar-refractivity contribution >= 4 is 0 Å². The van der Waals surface area contributed by atoms with Crippen LogP contribution in [0.25, 0.3) is 11.1 Å². The van der Waals surface area contributed by atoms with Crippen LogP contribution in [0.1, 0.15) is 154 Å². The van der Waals surface area contributed by atoms with Crippen LogP contribution < -0.4 is 0 Å². The molecule has 0 spiro atoms. The standard InChI is InChI=1S/C40H68N2/c1-5-9-13-17-21-33-41(31-19-15-11-7-3)35-37-23-27-39(28-24-37)40-29-25-38(26-30-40)36-42(32-20-16-12-8-4)34-22-18-14-10-6-2/h23-30H,5-22,31-36H2,1-4H3. The van der Waals surface area contributed by atoms with Crippen molar-refractivity contribution in [3.05, 3.63) is 59.7 Å². The zero-order chi connectivity index (χ0) is 30.1. The summed E-state index contributed by atoms with van der Waals surface area (Å²) in [5, 5.41) is 0. The number of hydrogen-bond donors (Lipinski definition) is 0. The van der Waals surface area contributed by atoms with E-state index in [9.17, 15) is 0 Å². The molecule has 0 aromatic heterocycles. The van der Waals surface area contributed by atoms with Crippen LogP contribution in [-0.2, 0) is 13.1 Å². The predicted octanol–water partition coefficient (Wildman–Crippen LogP) is 12.1. The van der Waals surface area contributed by atoms with Crippen molar-refractivity contribution in [2.24, 2.45) is 0 Å². The second kappa shape index (κ2) is 24.8. The summed E-state index contributed by atoms with van der Waals surface area (Å²) >= 11 is 0. The number of nitrogens with zero attached hydrogens (tertiary/aromatic N) is 2. The lowest BCUT2D eigenvalue weighted by Gasteiger charge is -2.23. The molecule has 0 aliphatic heterocycles. The molecule has 2 aromatic carbocycles. The third-order valence-corrected chi connectivity index (χ3v) is 8.87. The first-order chi connectivity index (χ1) is 20.7. The van der Waals surface area contributed by atoms with Crippen molar-refractivity contribution < 1.29 is 0 Å². The monoisotopic (exact) mass is 577 g/mol. The van der Waals surface area contributed by atoms with Gasteiger partial charge in [0.15, 0.2) is 0 Å². The molecule has 2 aromatic rings. The summed E-state index contributed by atoms with van der Waals surface area (Å²) < 4.78 is 0. The van der Waals surface area contributed by atoms with E-state index >= 15 is 0 Å². The second-order valence-corrected chi connectivity index (χ2v) is 12.9. The molecule has 0 aliphatic carbocycles. The molecule has 2 nitrogen and oxygen atoms in total. The molecule has 238 valence electrons. The summed E-state index contributed by atoms with van der Waals surface area (Å²) in [7, 11) is 0. The SMILES string of the molecule is CCCCCCCN(CCCCCC)Cc1ccc(-c2ccc(CN(CCCCCC)CCCCCCC)cc2)cc1. The van der Waals surface area contributed by atoms with Gasteiger partial charge < -0.3 is 0 Å². The smallest absolute Gasteiger partial charge is 0.0233 e. The Morgan fingerprint density at radius 2 is 0.595 bits per heavy atom. The van der Waals surface area contributed by atoms with Gasteiger partial charge in [-0.3, -0.25) is 9.80 Å². The fourth-order valence-corrected chi connectivity index (χ4v) is 6.06. The minimum Gasteiger partial charge on any atom is -0.299 e. The van der Waals surface area contributed by atoms with Gasteiger partial charge in [0.25, 0.3) is 0 Å². The number of unbranched alkanes of at least 4 members (excludes halogenated alkanes) is 14. The van der Waals surface area contributed by atoms with Crippen LogP contribution in [0.2, 0.25) is 0 Å². The molecule has 2 rings (SSSR count). The molecule has 0 unspecified atom stereocenters. The van der Waals surface area contributed by atoms with Gasteiger partial charge in [-0.25, -0.2) is 0 Å². The zero-order valence-electron chi connectivity index (χ0n) is 28.5. The van der Waals surface area contributed by atoms with E-state index in [1.165, 1.54) is 164 Å². The van der Waals surface area contributed by atoms with Crippen molar-refractivity contribution in [2.75, 3.05) is 26.2 Å². The zero-order valence-corrected chi connectivity index (χ0v) is 28.5. The minimum absolute atomic E-state index is 1.09. The van der Waals surface area contributed by atoms with Crippen LogP contribution in [0.3, 0.4) is 0 Å².